The lowest BCUT2D eigenvalue weighted by molar-refractivity contribution is -0.127. The van der Waals surface area contributed by atoms with Crippen molar-refractivity contribution in [3.63, 3.8) is 0 Å². The summed E-state index contributed by atoms with van der Waals surface area (Å²) in [6.07, 6.45) is 7.71. The fourth-order valence-electron chi connectivity index (χ4n) is 4.91. The Labute approximate surface area is 178 Å². The van der Waals surface area contributed by atoms with Crippen molar-refractivity contribution >= 4 is 22.7 Å². The summed E-state index contributed by atoms with van der Waals surface area (Å²) in [6, 6.07) is 8.03. The molecule has 6 heteroatoms. The zero-order valence-corrected chi connectivity index (χ0v) is 18.1. The number of carbonyl (C=O) groups is 2. The fraction of sp³-hybridized carbons (Fsp3) is 0.583. The third-order valence-electron chi connectivity index (χ3n) is 6.96. The van der Waals surface area contributed by atoms with Gasteiger partial charge in [0.2, 0.25) is 5.91 Å². The minimum Gasteiger partial charge on any atom is -0.497 e. The number of amides is 2. The topological polar surface area (TPSA) is 74.4 Å². The normalized spacial score (nSPS) is 19.6. The van der Waals surface area contributed by atoms with Crippen LogP contribution in [0.3, 0.4) is 0 Å². The van der Waals surface area contributed by atoms with Gasteiger partial charge in [0.25, 0.3) is 5.91 Å². The van der Waals surface area contributed by atoms with Crippen LogP contribution in [0.1, 0.15) is 62.4 Å². The second-order valence-electron chi connectivity index (χ2n) is 8.90. The van der Waals surface area contributed by atoms with E-state index in [0.29, 0.717) is 30.7 Å². The SMILES string of the molecule is COc1ccc2cc(C(=O)N3CCC([C@H](C)C(=O)NC4CCCCC4)CC3)[nH]c2c1. The molecule has 6 nitrogen and oxygen atoms in total. The Bertz CT molecular complexity index is 892. The lowest BCUT2D eigenvalue weighted by Gasteiger charge is -2.35. The molecule has 2 fully saturated rings. The summed E-state index contributed by atoms with van der Waals surface area (Å²) in [5.74, 6) is 1.33. The number of benzene rings is 1. The highest BCUT2D eigenvalue weighted by Crippen LogP contribution is 2.28. The Kier molecular flexibility index (Phi) is 6.30. The summed E-state index contributed by atoms with van der Waals surface area (Å²) in [7, 11) is 1.64. The molecule has 30 heavy (non-hydrogen) atoms. The summed E-state index contributed by atoms with van der Waals surface area (Å²) in [4.78, 5) is 30.8. The number of carbonyl (C=O) groups excluding carboxylic acids is 2. The Morgan fingerprint density at radius 2 is 1.83 bits per heavy atom. The Morgan fingerprint density at radius 1 is 1.10 bits per heavy atom. The van der Waals surface area contributed by atoms with Crippen LogP contribution in [0.5, 0.6) is 5.75 Å². The van der Waals surface area contributed by atoms with E-state index in [-0.39, 0.29) is 17.7 Å². The lowest BCUT2D eigenvalue weighted by Crippen LogP contribution is -2.45. The van der Waals surface area contributed by atoms with Crippen LogP contribution in [-0.4, -0.2) is 47.9 Å². The molecule has 2 heterocycles. The molecule has 2 N–H and O–H groups in total. The summed E-state index contributed by atoms with van der Waals surface area (Å²) in [6.45, 7) is 3.44. The van der Waals surface area contributed by atoms with E-state index < -0.39 is 0 Å². The maximum absolute atomic E-state index is 13.0. The van der Waals surface area contributed by atoms with E-state index in [0.717, 1.165) is 42.3 Å². The van der Waals surface area contributed by atoms with Gasteiger partial charge >= 0.3 is 0 Å². The van der Waals surface area contributed by atoms with E-state index in [1.807, 2.05) is 36.1 Å². The first-order chi connectivity index (χ1) is 14.5. The first-order valence-electron chi connectivity index (χ1n) is 11.3. The predicted octanol–water partition coefficient (Wildman–Crippen LogP) is 4.11. The molecule has 1 saturated carbocycles. The highest BCUT2D eigenvalue weighted by atomic mass is 16.5. The van der Waals surface area contributed by atoms with Crippen LogP contribution >= 0.6 is 0 Å². The summed E-state index contributed by atoms with van der Waals surface area (Å²) < 4.78 is 5.26. The number of piperidine rings is 1. The molecule has 0 radical (unpaired) electrons. The van der Waals surface area contributed by atoms with Gasteiger partial charge in [-0.3, -0.25) is 9.59 Å². The van der Waals surface area contributed by atoms with Crippen LogP contribution in [0.25, 0.3) is 10.9 Å². The van der Waals surface area contributed by atoms with Gasteiger partial charge in [0, 0.05) is 42.0 Å². The number of hydrogen-bond acceptors (Lipinski definition) is 3. The number of nitrogens with one attached hydrogen (secondary N) is 2. The Hall–Kier alpha value is -2.50. The van der Waals surface area contributed by atoms with Crippen LogP contribution in [0.4, 0.5) is 0 Å². The number of nitrogens with zero attached hydrogens (tertiary/aromatic N) is 1. The second kappa shape index (κ2) is 9.11. The molecule has 4 rings (SSSR count). The number of methoxy groups -OCH3 is 1. The van der Waals surface area contributed by atoms with Crippen molar-refractivity contribution in [3.8, 4) is 5.75 Å². The number of H-pyrrole nitrogens is 1. The zero-order chi connectivity index (χ0) is 21.1. The van der Waals surface area contributed by atoms with Crippen LogP contribution < -0.4 is 10.1 Å². The molecule has 1 aliphatic carbocycles. The molecule has 0 spiro atoms. The molecule has 1 aliphatic heterocycles. The number of rotatable bonds is 5. The summed E-state index contributed by atoms with van der Waals surface area (Å²) in [5, 5.41) is 4.27. The van der Waals surface area contributed by atoms with Crippen molar-refractivity contribution < 1.29 is 14.3 Å². The van der Waals surface area contributed by atoms with Gasteiger partial charge < -0.3 is 19.9 Å². The highest BCUT2D eigenvalue weighted by molar-refractivity contribution is 5.98. The molecule has 2 aromatic rings. The molecule has 2 amide bonds. The molecule has 2 aliphatic rings. The Morgan fingerprint density at radius 3 is 2.53 bits per heavy atom. The van der Waals surface area contributed by atoms with Gasteiger partial charge in [0.15, 0.2) is 0 Å². The van der Waals surface area contributed by atoms with E-state index in [1.54, 1.807) is 7.11 Å². The first kappa shape index (κ1) is 20.8. The minimum atomic E-state index is 0.00437. The van der Waals surface area contributed by atoms with Crippen molar-refractivity contribution in [1.29, 1.82) is 0 Å². The molecule has 162 valence electrons. The van der Waals surface area contributed by atoms with Crippen LogP contribution in [0.15, 0.2) is 24.3 Å². The largest absolute Gasteiger partial charge is 0.497 e. The summed E-state index contributed by atoms with van der Waals surface area (Å²) >= 11 is 0. The molecule has 0 bridgehead atoms. The molecular weight excluding hydrogens is 378 g/mol. The molecule has 1 aromatic carbocycles. The van der Waals surface area contributed by atoms with E-state index in [1.165, 1.54) is 19.3 Å². The van der Waals surface area contributed by atoms with Crippen LogP contribution in [-0.2, 0) is 4.79 Å². The predicted molar refractivity (Wildman–Crippen MR) is 118 cm³/mol. The molecule has 1 atom stereocenters. The van der Waals surface area contributed by atoms with Crippen LogP contribution in [0, 0.1) is 11.8 Å². The average Bonchev–Trinajstić information content (AvgIpc) is 3.22. The second-order valence-corrected chi connectivity index (χ2v) is 8.90. The third-order valence-corrected chi connectivity index (χ3v) is 6.96. The van der Waals surface area contributed by atoms with Crippen molar-refractivity contribution in [1.82, 2.24) is 15.2 Å². The van der Waals surface area contributed by atoms with Gasteiger partial charge in [-0.05, 0) is 49.8 Å². The van der Waals surface area contributed by atoms with E-state index >= 15 is 0 Å². The quantitative estimate of drug-likeness (QED) is 0.777. The smallest absolute Gasteiger partial charge is 0.270 e. The number of ether oxygens (including phenoxy) is 1. The molecule has 0 unspecified atom stereocenters. The lowest BCUT2D eigenvalue weighted by atomic mass is 9.84. The van der Waals surface area contributed by atoms with Crippen molar-refractivity contribution in [2.75, 3.05) is 20.2 Å². The van der Waals surface area contributed by atoms with E-state index in [2.05, 4.69) is 10.3 Å². The number of aromatic nitrogens is 1. The van der Waals surface area contributed by atoms with Crippen LogP contribution in [0.2, 0.25) is 0 Å². The monoisotopic (exact) mass is 411 g/mol. The van der Waals surface area contributed by atoms with Gasteiger partial charge in [0.05, 0.1) is 7.11 Å². The van der Waals surface area contributed by atoms with Gasteiger partial charge in [-0.25, -0.2) is 0 Å². The van der Waals surface area contributed by atoms with E-state index in [4.69, 9.17) is 4.74 Å². The van der Waals surface area contributed by atoms with Crippen molar-refractivity contribution in [3.05, 3.63) is 30.0 Å². The summed E-state index contributed by atoms with van der Waals surface area (Å²) in [5.41, 5.74) is 1.51. The average molecular weight is 412 g/mol. The number of fused-ring (bicyclic) bond motifs is 1. The van der Waals surface area contributed by atoms with Gasteiger partial charge in [-0.1, -0.05) is 26.2 Å². The molecule has 1 saturated heterocycles. The number of hydrogen-bond donors (Lipinski definition) is 2. The Balaban J connectivity index is 1.32. The zero-order valence-electron chi connectivity index (χ0n) is 18.1. The van der Waals surface area contributed by atoms with Crippen molar-refractivity contribution in [2.45, 2.75) is 57.9 Å². The molecular formula is C24H33N3O3. The van der Waals surface area contributed by atoms with Gasteiger partial charge in [-0.15, -0.1) is 0 Å². The maximum Gasteiger partial charge on any atom is 0.270 e. The standard InChI is InChI=1S/C24H33N3O3/c1-16(23(28)25-19-6-4-3-5-7-19)17-10-12-27(13-11-17)24(29)22-14-18-8-9-20(30-2)15-21(18)26-22/h8-9,14-17,19,26H,3-7,10-13H2,1-2H3,(H,25,28)/t16-/m0/s1. The van der Waals surface area contributed by atoms with Gasteiger partial charge in [0.1, 0.15) is 11.4 Å². The first-order valence-corrected chi connectivity index (χ1v) is 11.3. The number of aromatic amines is 1. The highest BCUT2D eigenvalue weighted by Gasteiger charge is 2.31. The minimum absolute atomic E-state index is 0.00437. The van der Waals surface area contributed by atoms with Gasteiger partial charge in [-0.2, -0.15) is 0 Å². The van der Waals surface area contributed by atoms with E-state index in [9.17, 15) is 9.59 Å². The molecule has 1 aromatic heterocycles. The fourth-order valence-corrected chi connectivity index (χ4v) is 4.91. The third kappa shape index (κ3) is 4.47. The maximum atomic E-state index is 13.0. The number of likely N-dealkylation sites (tertiary alicyclic amines) is 1. The van der Waals surface area contributed by atoms with Crippen molar-refractivity contribution in [2.24, 2.45) is 11.8 Å².